The Labute approximate surface area is 110 Å². The number of terminal acetylenes is 1. The third kappa shape index (κ3) is 3.03. The molecule has 0 atom stereocenters. The van der Waals surface area contributed by atoms with E-state index in [1.165, 1.54) is 6.07 Å². The molecule has 0 aliphatic rings. The van der Waals surface area contributed by atoms with Gasteiger partial charge in [-0.3, -0.25) is 0 Å². The SMILES string of the molecule is C#CCc1ccc(F)c(Oc2cccc(Cl)c2)c1. The van der Waals surface area contributed by atoms with Crippen molar-refractivity contribution in [3.8, 4) is 23.8 Å². The van der Waals surface area contributed by atoms with Crippen LogP contribution < -0.4 is 4.74 Å². The molecule has 0 heterocycles. The molecule has 0 spiro atoms. The maximum absolute atomic E-state index is 13.6. The molecule has 0 radical (unpaired) electrons. The molecule has 3 heteroatoms. The lowest BCUT2D eigenvalue weighted by atomic mass is 10.1. The number of hydrogen-bond donors (Lipinski definition) is 0. The number of rotatable bonds is 3. The van der Waals surface area contributed by atoms with E-state index >= 15 is 0 Å². The van der Waals surface area contributed by atoms with E-state index in [1.54, 1.807) is 36.4 Å². The molecule has 2 aromatic rings. The first-order valence-corrected chi connectivity index (χ1v) is 5.72. The molecular formula is C15H10ClFO. The molecule has 0 aliphatic heterocycles. The van der Waals surface area contributed by atoms with Crippen molar-refractivity contribution in [2.24, 2.45) is 0 Å². The molecule has 0 saturated heterocycles. The first-order valence-electron chi connectivity index (χ1n) is 5.34. The fourth-order valence-electron chi connectivity index (χ4n) is 1.51. The van der Waals surface area contributed by atoms with Crippen molar-refractivity contribution in [1.82, 2.24) is 0 Å². The zero-order valence-corrected chi connectivity index (χ0v) is 10.2. The Bertz CT molecular complexity index is 602. The highest BCUT2D eigenvalue weighted by molar-refractivity contribution is 6.30. The normalized spacial score (nSPS) is 9.83. The summed E-state index contributed by atoms with van der Waals surface area (Å²) >= 11 is 5.83. The van der Waals surface area contributed by atoms with Crippen LogP contribution in [0, 0.1) is 18.2 Å². The van der Waals surface area contributed by atoms with E-state index < -0.39 is 5.82 Å². The molecule has 18 heavy (non-hydrogen) atoms. The molecule has 0 saturated carbocycles. The predicted molar refractivity (Wildman–Crippen MR) is 70.5 cm³/mol. The minimum Gasteiger partial charge on any atom is -0.454 e. The van der Waals surface area contributed by atoms with Crippen LogP contribution in [-0.2, 0) is 6.42 Å². The highest BCUT2D eigenvalue weighted by atomic mass is 35.5. The van der Waals surface area contributed by atoms with Gasteiger partial charge in [-0.15, -0.1) is 12.3 Å². The predicted octanol–water partition coefficient (Wildman–Crippen LogP) is 4.45. The van der Waals surface area contributed by atoms with Gasteiger partial charge in [0, 0.05) is 11.4 Å². The van der Waals surface area contributed by atoms with Crippen molar-refractivity contribution in [1.29, 1.82) is 0 Å². The van der Waals surface area contributed by atoms with E-state index in [0.717, 1.165) is 5.56 Å². The van der Waals surface area contributed by atoms with Gasteiger partial charge in [0.05, 0.1) is 0 Å². The summed E-state index contributed by atoms with van der Waals surface area (Å²) in [6.45, 7) is 0. The second-order valence-electron chi connectivity index (χ2n) is 3.71. The minimum absolute atomic E-state index is 0.144. The molecule has 2 aromatic carbocycles. The Hall–Kier alpha value is -1.98. The quantitative estimate of drug-likeness (QED) is 0.741. The molecule has 0 bridgehead atoms. The zero-order chi connectivity index (χ0) is 13.0. The minimum atomic E-state index is -0.434. The number of halogens is 2. The molecule has 90 valence electrons. The van der Waals surface area contributed by atoms with Crippen LogP contribution >= 0.6 is 11.6 Å². The number of ether oxygens (including phenoxy) is 1. The number of benzene rings is 2. The summed E-state index contributed by atoms with van der Waals surface area (Å²) in [7, 11) is 0. The molecule has 0 unspecified atom stereocenters. The van der Waals surface area contributed by atoms with Crippen molar-refractivity contribution >= 4 is 11.6 Å². The lowest BCUT2D eigenvalue weighted by Gasteiger charge is -2.08. The maximum atomic E-state index is 13.6. The van der Waals surface area contributed by atoms with Gasteiger partial charge < -0.3 is 4.74 Å². The Morgan fingerprint density at radius 3 is 2.78 bits per heavy atom. The summed E-state index contributed by atoms with van der Waals surface area (Å²) < 4.78 is 19.0. The van der Waals surface area contributed by atoms with Gasteiger partial charge in [-0.1, -0.05) is 23.7 Å². The van der Waals surface area contributed by atoms with Crippen LogP contribution in [0.3, 0.4) is 0 Å². The van der Waals surface area contributed by atoms with Crippen molar-refractivity contribution in [3.05, 3.63) is 58.9 Å². The maximum Gasteiger partial charge on any atom is 0.165 e. The molecule has 0 fully saturated rings. The zero-order valence-electron chi connectivity index (χ0n) is 9.49. The fourth-order valence-corrected chi connectivity index (χ4v) is 1.69. The summed E-state index contributed by atoms with van der Waals surface area (Å²) in [5.74, 6) is 2.70. The first-order chi connectivity index (χ1) is 8.69. The molecule has 0 aromatic heterocycles. The average molecular weight is 261 g/mol. The van der Waals surface area contributed by atoms with Crippen LogP contribution in [0.1, 0.15) is 5.56 Å². The Kier molecular flexibility index (Phi) is 3.86. The van der Waals surface area contributed by atoms with E-state index in [0.29, 0.717) is 17.2 Å². The average Bonchev–Trinajstić information content (AvgIpc) is 2.34. The summed E-state index contributed by atoms with van der Waals surface area (Å²) in [6.07, 6.45) is 5.66. The van der Waals surface area contributed by atoms with E-state index in [4.69, 9.17) is 22.8 Å². The highest BCUT2D eigenvalue weighted by Gasteiger charge is 2.06. The lowest BCUT2D eigenvalue weighted by Crippen LogP contribution is -1.91. The second-order valence-corrected chi connectivity index (χ2v) is 4.14. The van der Waals surface area contributed by atoms with E-state index in [-0.39, 0.29) is 5.75 Å². The van der Waals surface area contributed by atoms with Gasteiger partial charge in [-0.2, -0.15) is 0 Å². The van der Waals surface area contributed by atoms with Crippen molar-refractivity contribution in [2.75, 3.05) is 0 Å². The standard InChI is InChI=1S/C15H10ClFO/c1-2-4-11-7-8-14(17)15(9-11)18-13-6-3-5-12(16)10-13/h1,3,5-10H,4H2. The largest absolute Gasteiger partial charge is 0.454 e. The summed E-state index contributed by atoms with van der Waals surface area (Å²) in [5, 5.41) is 0.535. The summed E-state index contributed by atoms with van der Waals surface area (Å²) in [5.41, 5.74) is 0.830. The molecule has 0 amide bonds. The summed E-state index contributed by atoms with van der Waals surface area (Å²) in [4.78, 5) is 0. The van der Waals surface area contributed by atoms with E-state index in [2.05, 4.69) is 5.92 Å². The first kappa shape index (κ1) is 12.5. The van der Waals surface area contributed by atoms with Gasteiger partial charge in [0.2, 0.25) is 0 Å². The van der Waals surface area contributed by atoms with Gasteiger partial charge in [0.15, 0.2) is 11.6 Å². The molecule has 1 nitrogen and oxygen atoms in total. The Morgan fingerprint density at radius 2 is 2.06 bits per heavy atom. The van der Waals surface area contributed by atoms with E-state index in [9.17, 15) is 4.39 Å². The molecule has 2 rings (SSSR count). The van der Waals surface area contributed by atoms with Gasteiger partial charge in [0.25, 0.3) is 0 Å². The topological polar surface area (TPSA) is 9.23 Å². The van der Waals surface area contributed by atoms with Crippen LogP contribution in [0.15, 0.2) is 42.5 Å². The van der Waals surface area contributed by atoms with Crippen LogP contribution in [0.5, 0.6) is 11.5 Å². The smallest absolute Gasteiger partial charge is 0.165 e. The van der Waals surface area contributed by atoms with Crippen molar-refractivity contribution in [3.63, 3.8) is 0 Å². The van der Waals surface area contributed by atoms with Crippen LogP contribution in [0.4, 0.5) is 4.39 Å². The third-order valence-corrected chi connectivity index (χ3v) is 2.56. The fraction of sp³-hybridized carbons (Fsp3) is 0.0667. The monoisotopic (exact) mass is 260 g/mol. The molecule has 0 N–H and O–H groups in total. The van der Waals surface area contributed by atoms with Crippen LogP contribution in [-0.4, -0.2) is 0 Å². The van der Waals surface area contributed by atoms with E-state index in [1.807, 2.05) is 0 Å². The third-order valence-electron chi connectivity index (χ3n) is 2.33. The van der Waals surface area contributed by atoms with Crippen LogP contribution in [0.2, 0.25) is 5.02 Å². The van der Waals surface area contributed by atoms with Crippen molar-refractivity contribution in [2.45, 2.75) is 6.42 Å². The van der Waals surface area contributed by atoms with Gasteiger partial charge >= 0.3 is 0 Å². The van der Waals surface area contributed by atoms with Crippen molar-refractivity contribution < 1.29 is 9.13 Å². The second kappa shape index (κ2) is 5.57. The van der Waals surface area contributed by atoms with Gasteiger partial charge in [0.1, 0.15) is 5.75 Å². The summed E-state index contributed by atoms with van der Waals surface area (Å²) in [6, 6.07) is 11.4. The molecular weight excluding hydrogens is 251 g/mol. The lowest BCUT2D eigenvalue weighted by molar-refractivity contribution is 0.441. The number of hydrogen-bond acceptors (Lipinski definition) is 1. The Balaban J connectivity index is 2.28. The van der Waals surface area contributed by atoms with Gasteiger partial charge in [-0.05, 0) is 35.9 Å². The highest BCUT2D eigenvalue weighted by Crippen LogP contribution is 2.27. The molecule has 0 aliphatic carbocycles. The Morgan fingerprint density at radius 1 is 1.22 bits per heavy atom. The van der Waals surface area contributed by atoms with Gasteiger partial charge in [-0.25, -0.2) is 4.39 Å². The van der Waals surface area contributed by atoms with Crippen LogP contribution in [0.25, 0.3) is 0 Å².